The monoisotopic (exact) mass is 588 g/mol. The number of carboxylic acid groups (broad SMARTS) is 1. The minimum Gasteiger partial charge on any atom is -0.744 e. The molecule has 0 aliphatic rings. The number of para-hydroxylation sites is 1. The maximum atomic E-state index is 12.8. The average molecular weight is 588 g/mol. The first-order valence-electron chi connectivity index (χ1n) is 9.89. The van der Waals surface area contributed by atoms with Crippen molar-refractivity contribution in [1.29, 1.82) is 0 Å². The molecular weight excluding hydrogens is 574 g/mol. The summed E-state index contributed by atoms with van der Waals surface area (Å²) >= 11 is 0. The fourth-order valence-corrected chi connectivity index (χ4v) is 4.02. The van der Waals surface area contributed by atoms with Crippen LogP contribution in [0.25, 0.3) is 10.8 Å². The van der Waals surface area contributed by atoms with Crippen LogP contribution in [0, 0.1) is 0 Å². The molecule has 0 spiro atoms. The summed E-state index contributed by atoms with van der Waals surface area (Å²) in [5.41, 5.74) is 3.64. The Labute approximate surface area is 270 Å². The summed E-state index contributed by atoms with van der Waals surface area (Å²) in [7, 11) is -4.74. The standard InChI is InChI=1S/C23H16N4O7S.Cr.2Na/c28-19-12-11-18(26-24-17-8-2-1-5-15(17)23(30)31)22(29)21(19)27-25-16-9-3-7-14-13(16)6-4-10-20(14)35(32,33)34;;;/h1-12,24-25H,(H,30,31)(H,32,33,34);;;/q;+3;2*+1/p-2/b26-18-,27-21+;;;. The van der Waals surface area contributed by atoms with Crippen LogP contribution in [0.15, 0.2) is 97.5 Å². The average Bonchev–Trinajstić information content (AvgIpc) is 2.82. The zero-order chi connectivity index (χ0) is 25.2. The Morgan fingerprint density at radius 1 is 0.763 bits per heavy atom. The van der Waals surface area contributed by atoms with Crippen LogP contribution in [0.5, 0.6) is 0 Å². The molecule has 4 rings (SSSR count). The number of carbonyl (C=O) groups excluding carboxylic acids is 1. The number of carbonyl (C=O) groups is 1. The predicted molar refractivity (Wildman–Crippen MR) is 122 cm³/mol. The molecule has 15 heteroatoms. The number of nitrogens with zero attached hydrogens (tertiary/aromatic N) is 2. The third kappa shape index (κ3) is 7.49. The summed E-state index contributed by atoms with van der Waals surface area (Å²) in [5.74, 6) is -1.44. The molecule has 0 unspecified atom stereocenters. The molecule has 4 aromatic carbocycles. The van der Waals surface area contributed by atoms with Crippen LogP contribution in [0.3, 0.4) is 0 Å². The Morgan fingerprint density at radius 3 is 2.05 bits per heavy atom. The number of hydrogen-bond donors (Lipinski definition) is 2. The third-order valence-electron chi connectivity index (χ3n) is 4.96. The van der Waals surface area contributed by atoms with Gasteiger partial charge in [-0.15, -0.1) is 0 Å². The van der Waals surface area contributed by atoms with Crippen molar-refractivity contribution >= 4 is 38.2 Å². The van der Waals surface area contributed by atoms with Crippen LogP contribution < -0.4 is 96.6 Å². The van der Waals surface area contributed by atoms with E-state index in [-0.39, 0.29) is 104 Å². The summed E-state index contributed by atoms with van der Waals surface area (Å²) in [6.45, 7) is 0. The molecular formula is C23H14CrN4Na2O7S+3. The number of rotatable bonds is 6. The van der Waals surface area contributed by atoms with Crippen LogP contribution in [0.4, 0.5) is 11.4 Å². The molecule has 0 bridgehead atoms. The van der Waals surface area contributed by atoms with E-state index in [1.165, 1.54) is 48.5 Å². The predicted octanol–water partition coefficient (Wildman–Crippen LogP) is -6.44. The van der Waals surface area contributed by atoms with Gasteiger partial charge in [-0.05, 0) is 30.3 Å². The number of aromatic carboxylic acids is 1. The van der Waals surface area contributed by atoms with Gasteiger partial charge in [-0.2, -0.15) is 10.2 Å². The fourth-order valence-electron chi connectivity index (χ4n) is 3.33. The Morgan fingerprint density at radius 2 is 1.37 bits per heavy atom. The summed E-state index contributed by atoms with van der Waals surface area (Å²) in [4.78, 5) is 35.9. The van der Waals surface area contributed by atoms with Crippen LogP contribution in [0.1, 0.15) is 10.4 Å². The molecule has 0 fully saturated rings. The molecule has 38 heavy (non-hydrogen) atoms. The van der Waals surface area contributed by atoms with E-state index in [1.807, 2.05) is 0 Å². The van der Waals surface area contributed by atoms with Gasteiger partial charge in [0.2, 0.25) is 10.9 Å². The molecule has 0 aliphatic heterocycles. The number of benzene rings is 4. The smallest absolute Gasteiger partial charge is 0.744 e. The van der Waals surface area contributed by atoms with E-state index < -0.39 is 37.2 Å². The van der Waals surface area contributed by atoms with Gasteiger partial charge in [0.15, 0.2) is 5.36 Å². The van der Waals surface area contributed by atoms with Gasteiger partial charge in [-0.3, -0.25) is 20.4 Å². The van der Waals surface area contributed by atoms with E-state index in [2.05, 4.69) is 21.1 Å². The number of fused-ring (bicyclic) bond motifs is 1. The Balaban J connectivity index is 0.00000241. The molecule has 2 N–H and O–H groups in total. The van der Waals surface area contributed by atoms with Crippen molar-refractivity contribution < 1.29 is 99.3 Å². The quantitative estimate of drug-likeness (QED) is 0.126. The van der Waals surface area contributed by atoms with E-state index in [9.17, 15) is 32.5 Å². The summed E-state index contributed by atoms with van der Waals surface area (Å²) < 4.78 is 34.7. The molecule has 4 aromatic rings. The van der Waals surface area contributed by atoms with Gasteiger partial charge in [0.1, 0.15) is 15.5 Å². The van der Waals surface area contributed by atoms with E-state index in [4.69, 9.17) is 0 Å². The molecule has 0 aromatic heterocycles. The maximum Gasteiger partial charge on any atom is 3.00 e. The van der Waals surface area contributed by atoms with Crippen molar-refractivity contribution in [2.45, 2.75) is 4.90 Å². The van der Waals surface area contributed by atoms with Crippen molar-refractivity contribution in [1.82, 2.24) is 0 Å². The van der Waals surface area contributed by atoms with Crippen LogP contribution in [0.2, 0.25) is 0 Å². The van der Waals surface area contributed by atoms with Gasteiger partial charge in [0.05, 0.1) is 22.2 Å². The Kier molecular flexibility index (Phi) is 12.7. The zero-order valence-corrected chi connectivity index (χ0v) is 26.1. The van der Waals surface area contributed by atoms with Gasteiger partial charge in [-0.1, -0.05) is 42.5 Å². The third-order valence-corrected chi connectivity index (χ3v) is 5.85. The SMILES string of the molecule is O=C([O-])c1ccccc1N/N=c1/ccc(=O)/c(=N\Nc2cccc3c(S(=O)(=O)[O-])cccc23)c1=O.[Cr+3].[Na+].[Na+]. The van der Waals surface area contributed by atoms with Crippen molar-refractivity contribution in [3.63, 3.8) is 0 Å². The van der Waals surface area contributed by atoms with Crippen LogP contribution >= 0.6 is 0 Å². The molecule has 0 aliphatic carbocycles. The zero-order valence-electron chi connectivity index (χ0n) is 20.0. The fraction of sp³-hybridized carbons (Fsp3) is 0. The van der Waals surface area contributed by atoms with E-state index in [0.29, 0.717) is 5.39 Å². The van der Waals surface area contributed by atoms with Crippen molar-refractivity contribution in [2.24, 2.45) is 10.2 Å². The molecule has 0 saturated carbocycles. The van der Waals surface area contributed by atoms with Gasteiger partial charge in [-0.25, -0.2) is 8.42 Å². The van der Waals surface area contributed by atoms with Gasteiger partial charge in [0, 0.05) is 16.3 Å². The first-order chi connectivity index (χ1) is 16.7. The summed E-state index contributed by atoms with van der Waals surface area (Å²) in [5, 5.41) is 18.7. The largest absolute Gasteiger partial charge is 3.00 e. The van der Waals surface area contributed by atoms with Gasteiger partial charge >= 0.3 is 76.5 Å². The topological polar surface area (TPSA) is 180 Å². The Hall–Kier alpha value is -2.15. The minimum absolute atomic E-state index is 0. The number of anilines is 2. The van der Waals surface area contributed by atoms with Gasteiger partial charge < -0.3 is 14.5 Å². The normalized spacial score (nSPS) is 11.6. The van der Waals surface area contributed by atoms with E-state index >= 15 is 0 Å². The van der Waals surface area contributed by atoms with Crippen LogP contribution in [-0.2, 0) is 27.5 Å². The molecule has 11 nitrogen and oxygen atoms in total. The minimum atomic E-state index is -4.74. The van der Waals surface area contributed by atoms with Crippen molar-refractivity contribution in [2.75, 3.05) is 10.9 Å². The molecule has 1 radical (unpaired) electrons. The van der Waals surface area contributed by atoms with Gasteiger partial charge in [0.25, 0.3) is 0 Å². The molecule has 0 atom stereocenters. The van der Waals surface area contributed by atoms with Crippen molar-refractivity contribution in [3.05, 3.63) is 110 Å². The second kappa shape index (κ2) is 14.3. The number of carboxylic acids is 1. The molecule has 0 amide bonds. The first kappa shape index (κ1) is 33.9. The molecule has 0 heterocycles. The second-order valence-corrected chi connectivity index (χ2v) is 8.50. The molecule has 179 valence electrons. The first-order valence-corrected chi connectivity index (χ1v) is 11.3. The van der Waals surface area contributed by atoms with Crippen LogP contribution in [-0.4, -0.2) is 18.9 Å². The number of hydrogen-bond acceptors (Lipinski definition) is 11. The summed E-state index contributed by atoms with van der Waals surface area (Å²) in [6.07, 6.45) is 0. The van der Waals surface area contributed by atoms with Crippen molar-refractivity contribution in [3.8, 4) is 0 Å². The maximum absolute atomic E-state index is 12.8. The Bertz CT molecular complexity index is 1830. The number of nitrogens with one attached hydrogen (secondary N) is 2. The van der Waals surface area contributed by atoms with E-state index in [1.54, 1.807) is 12.1 Å². The second-order valence-electron chi connectivity index (χ2n) is 7.15. The van der Waals surface area contributed by atoms with E-state index in [0.717, 1.165) is 12.1 Å². The molecule has 0 saturated heterocycles. The summed E-state index contributed by atoms with van der Waals surface area (Å²) in [6, 6.07) is 16.5.